The molecule has 5 aromatic carbocycles. The van der Waals surface area contributed by atoms with Gasteiger partial charge in [0, 0.05) is 135 Å². The van der Waals surface area contributed by atoms with Gasteiger partial charge in [-0.2, -0.15) is 0 Å². The number of carbonyl (C=O) groups is 8. The van der Waals surface area contributed by atoms with Crippen LogP contribution in [0.5, 0.6) is 46.0 Å². The molecule has 0 aromatic heterocycles. The van der Waals surface area contributed by atoms with E-state index in [0.717, 1.165) is 35.1 Å². The zero-order chi connectivity index (χ0) is 97.9. The molecule has 0 spiro atoms. The van der Waals surface area contributed by atoms with E-state index in [9.17, 15) is 28.8 Å². The second-order valence-corrected chi connectivity index (χ2v) is 43.9. The lowest BCUT2D eigenvalue weighted by molar-refractivity contribution is -0.194. The molecule has 0 saturated heterocycles. The lowest BCUT2D eigenvalue weighted by atomic mass is 9.76. The Morgan fingerprint density at radius 1 is 0.504 bits per heavy atom. The molecule has 0 N–H and O–H groups in total. The van der Waals surface area contributed by atoms with Gasteiger partial charge in [-0.1, -0.05) is 127 Å². The third-order valence-electron chi connectivity index (χ3n) is 23.5. The van der Waals surface area contributed by atoms with Gasteiger partial charge in [0.2, 0.25) is 7.59 Å². The molecule has 5 aliphatic rings. The average Bonchev–Trinajstić information content (AvgIpc) is 1.60. The normalized spacial score (nSPS) is 19.3. The van der Waals surface area contributed by atoms with Gasteiger partial charge >= 0.3 is 36.1 Å². The van der Waals surface area contributed by atoms with Gasteiger partial charge in [-0.3, -0.25) is 33.7 Å². The second-order valence-electron chi connectivity index (χ2n) is 34.1. The van der Waals surface area contributed by atoms with Crippen LogP contribution in [0.1, 0.15) is 150 Å². The van der Waals surface area contributed by atoms with Crippen LogP contribution in [0, 0.1) is 24.2 Å². The van der Waals surface area contributed by atoms with Crippen molar-refractivity contribution in [3.05, 3.63) is 131 Å². The molecular formula is C96H120Cl6N4O28Si. The number of rotatable bonds is 48. The molecule has 4 heterocycles. The Morgan fingerprint density at radius 2 is 0.970 bits per heavy atom. The summed E-state index contributed by atoms with van der Waals surface area (Å²) in [6.07, 6.45) is 7.58. The van der Waals surface area contributed by atoms with Crippen LogP contribution in [0.15, 0.2) is 103 Å². The summed E-state index contributed by atoms with van der Waals surface area (Å²) in [6.45, 7) is 20.0. The van der Waals surface area contributed by atoms with Crippen molar-refractivity contribution in [1.82, 2.24) is 9.80 Å². The van der Waals surface area contributed by atoms with Crippen LogP contribution in [-0.2, 0) is 82.3 Å². The van der Waals surface area contributed by atoms with E-state index in [2.05, 4.69) is 26.7 Å². The summed E-state index contributed by atoms with van der Waals surface area (Å²) in [5.41, 5.74) is 4.22. The van der Waals surface area contributed by atoms with Crippen molar-refractivity contribution < 1.29 is 133 Å². The number of nitrogens with zero attached hydrogens (tertiary/aromatic N) is 4. The Morgan fingerprint density at radius 3 is 1.46 bits per heavy atom. The van der Waals surface area contributed by atoms with E-state index in [4.69, 9.17) is 170 Å². The topological polar surface area (TPSA) is 334 Å². The Kier molecular flexibility index (Phi) is 40.5. The number of hydrogen-bond acceptors (Lipinski definition) is 28. The minimum atomic E-state index is -2.89. The van der Waals surface area contributed by atoms with E-state index < -0.39 is 137 Å². The molecule has 135 heavy (non-hydrogen) atoms. The number of benzene rings is 5. The Bertz CT molecular complexity index is 4970. The van der Waals surface area contributed by atoms with Crippen molar-refractivity contribution in [1.29, 1.82) is 0 Å². The van der Waals surface area contributed by atoms with Gasteiger partial charge in [-0.05, 0) is 141 Å². The van der Waals surface area contributed by atoms with Crippen LogP contribution in [0.25, 0.3) is 11.1 Å². The van der Waals surface area contributed by atoms with Crippen LogP contribution >= 0.6 is 69.6 Å². The van der Waals surface area contributed by atoms with Crippen molar-refractivity contribution >= 4 is 148 Å². The molecule has 1 saturated carbocycles. The summed E-state index contributed by atoms with van der Waals surface area (Å²) >= 11 is 36.9. The molecule has 0 radical (unpaired) electrons. The molecular weight excluding hydrogens is 1900 g/mol. The quantitative estimate of drug-likeness (QED) is 0.00872. The summed E-state index contributed by atoms with van der Waals surface area (Å²) in [7, 11) is 2.76. The molecule has 1 fully saturated rings. The van der Waals surface area contributed by atoms with Gasteiger partial charge in [0.05, 0.1) is 88.9 Å². The standard InChI is InChI=1S/C96H120Cl6N4O28Si/c1-15-33-125-80-49-71(133-79-52-74(91(112)118-12)87(132-63(5)108)86(60(79)2)131-62(4)107)32-27-66(80)57-128-85(109)22-16-34-119-35-17-36-120-37-18-38-121-39-19-40-122-41-20-42-123-45-46-124-70-30-25-65(26-31-70)68-48-78-90(134-135(13,14)94(6,7)8)106(93(114)130-59-96(100,101)102)77-54-84(82(117-11)51-73(77)89(111)104(78)56-68)127-44-21-43-126-83-53-76-72(50-81(83)116-10)88(110)103-55-67(64-23-28-69(115-9)29-24-64)47-75(103)61(3)105(76)92(113)129-58-95(97,98)99/h1,23-32,49-51,53-56,60-61,74-75,78-79,86-87,90H,16-22,33-48,52,57-59H2,2-14H3/t60-,61+,74-,75?,78?,79+,86+,87+,90+/m0/s1. The van der Waals surface area contributed by atoms with Crippen molar-refractivity contribution in [2.24, 2.45) is 11.8 Å². The Labute approximate surface area is 818 Å². The summed E-state index contributed by atoms with van der Waals surface area (Å²) in [5, 5.41) is -0.406. The maximum absolute atomic E-state index is 15.4. The second kappa shape index (κ2) is 50.8. The fourth-order valence-corrected chi connectivity index (χ4v) is 17.2. The van der Waals surface area contributed by atoms with Gasteiger partial charge in [-0.15, -0.1) is 6.42 Å². The first kappa shape index (κ1) is 108. The molecule has 32 nitrogen and oxygen atoms in total. The number of carbonyl (C=O) groups excluding carboxylic acids is 8. The van der Waals surface area contributed by atoms with Crippen LogP contribution in [0.2, 0.25) is 18.1 Å². The SMILES string of the molecule is C#CCOc1cc(O[C@@H]2C[C@H](C(=O)OC)[C@@H](OC(C)=O)[C@H](OC(C)=O)[C@H]2C)ccc1COC(=O)CCCOCCCOCCCOCCCOCCCOCCOc1ccc(C2=CN3C(=O)c4cc(OC)c(OCCCOc5cc6c(cc5OC)C(=O)N5C=C(c7ccc(OC)cc7)CC5[C@@H](C)N6C(=O)OCC(Cl)(Cl)Cl)cc4N(C(=O)OCC(Cl)(Cl)Cl)[C@H](O[Si](C)(C)C(C)(C)C)C3C2)cc1. The summed E-state index contributed by atoms with van der Waals surface area (Å²) < 4.78 is 113. The van der Waals surface area contributed by atoms with E-state index in [1.807, 2.05) is 61.6 Å². The largest absolute Gasteiger partial charge is 0.497 e. The maximum Gasteiger partial charge on any atom is 0.416 e. The predicted molar refractivity (Wildman–Crippen MR) is 509 cm³/mol. The molecule has 738 valence electrons. The summed E-state index contributed by atoms with van der Waals surface area (Å²) in [6, 6.07) is 23.9. The van der Waals surface area contributed by atoms with Crippen LogP contribution < -0.4 is 47.7 Å². The third-order valence-corrected chi connectivity index (χ3v) is 28.6. The summed E-state index contributed by atoms with van der Waals surface area (Å²) in [5.74, 6) is 0.252. The first-order valence-corrected chi connectivity index (χ1v) is 49.7. The number of anilines is 2. The highest BCUT2D eigenvalue weighted by molar-refractivity contribution is 6.74. The highest BCUT2D eigenvalue weighted by atomic mass is 35.6. The van der Waals surface area contributed by atoms with Crippen LogP contribution in [-0.4, -0.2) is 250 Å². The number of hydrogen-bond donors (Lipinski definition) is 0. The van der Waals surface area contributed by atoms with Gasteiger partial charge in [0.15, 0.2) is 43.6 Å². The van der Waals surface area contributed by atoms with Gasteiger partial charge in [0.1, 0.15) is 74.2 Å². The Hall–Kier alpha value is -9.38. The lowest BCUT2D eigenvalue weighted by Gasteiger charge is -2.44. The molecule has 4 amide bonds. The number of alkyl halides is 6. The number of ether oxygens (including phenoxy) is 19. The molecule has 0 bridgehead atoms. The smallest absolute Gasteiger partial charge is 0.416 e. The number of methoxy groups -OCH3 is 4. The average molecular weight is 2020 g/mol. The number of esters is 4. The monoisotopic (exact) mass is 2010 g/mol. The van der Waals surface area contributed by atoms with Crippen LogP contribution in [0.4, 0.5) is 21.0 Å². The van der Waals surface area contributed by atoms with Crippen molar-refractivity contribution in [3.63, 3.8) is 0 Å². The number of halogens is 6. The zero-order valence-corrected chi connectivity index (χ0v) is 83.7. The molecule has 2 unspecified atom stereocenters. The van der Waals surface area contributed by atoms with Gasteiger partial charge in [0.25, 0.3) is 11.8 Å². The van der Waals surface area contributed by atoms with Crippen LogP contribution in [0.3, 0.4) is 0 Å². The first-order chi connectivity index (χ1) is 64.4. The third kappa shape index (κ3) is 30.3. The van der Waals surface area contributed by atoms with E-state index in [-0.39, 0.29) is 104 Å². The number of fused-ring (bicyclic) bond motifs is 4. The van der Waals surface area contributed by atoms with E-state index in [1.165, 1.54) is 69.2 Å². The fraction of sp³-hybridized carbons (Fsp3) is 0.542. The van der Waals surface area contributed by atoms with E-state index in [1.54, 1.807) is 61.4 Å². The summed E-state index contributed by atoms with van der Waals surface area (Å²) in [4.78, 5) is 115. The molecule has 9 atom stereocenters. The molecule has 39 heteroatoms. The Balaban J connectivity index is 0.635. The highest BCUT2D eigenvalue weighted by Gasteiger charge is 2.54. The first-order valence-electron chi connectivity index (χ1n) is 44.6. The van der Waals surface area contributed by atoms with Crippen molar-refractivity contribution in [2.75, 3.05) is 144 Å². The fourth-order valence-electron chi connectivity index (χ4n) is 15.7. The maximum atomic E-state index is 15.4. The molecule has 10 rings (SSSR count). The van der Waals surface area contributed by atoms with Crippen molar-refractivity contribution in [3.8, 4) is 58.3 Å². The van der Waals surface area contributed by atoms with Crippen molar-refractivity contribution in [2.45, 2.75) is 188 Å². The van der Waals surface area contributed by atoms with Gasteiger partial charge < -0.3 is 104 Å². The van der Waals surface area contributed by atoms with E-state index in [0.29, 0.717) is 120 Å². The minimum absolute atomic E-state index is 0.000701. The van der Waals surface area contributed by atoms with Gasteiger partial charge in [-0.25, -0.2) is 14.5 Å². The molecule has 5 aromatic rings. The molecule has 4 aliphatic heterocycles. The zero-order valence-electron chi connectivity index (χ0n) is 78.2. The van der Waals surface area contributed by atoms with E-state index >= 15 is 9.59 Å². The number of amides is 4. The number of terminal acetylenes is 1. The lowest BCUT2D eigenvalue weighted by Crippen LogP contribution is -2.58. The highest BCUT2D eigenvalue weighted by Crippen LogP contribution is 2.50. The predicted octanol–water partition coefficient (Wildman–Crippen LogP) is 17.5. The minimum Gasteiger partial charge on any atom is -0.497 e. The molecule has 1 aliphatic carbocycles.